The van der Waals surface area contributed by atoms with Gasteiger partial charge < -0.3 is 23.7 Å². The molecule has 168 valence electrons. The largest absolute Gasteiger partial charge is 0.513 e. The van der Waals surface area contributed by atoms with Crippen LogP contribution in [-0.4, -0.2) is 42.9 Å². The molecule has 0 spiro atoms. The number of nitrogens with one attached hydrogen (secondary N) is 1. The molecule has 0 bridgehead atoms. The lowest BCUT2D eigenvalue weighted by molar-refractivity contribution is -0.137. The fourth-order valence-electron chi connectivity index (χ4n) is 2.57. The second-order valence-electron chi connectivity index (χ2n) is 6.39. The van der Waals surface area contributed by atoms with Gasteiger partial charge >= 0.3 is 13.7 Å². The second kappa shape index (κ2) is 12.5. The van der Waals surface area contributed by atoms with Crippen molar-refractivity contribution in [3.63, 3.8) is 0 Å². The lowest BCUT2D eigenvalue weighted by Gasteiger charge is -2.24. The highest BCUT2D eigenvalue weighted by atomic mass is 32.2. The molecule has 0 heterocycles. The molecule has 2 atom stereocenters. The maximum atomic E-state index is 13.6. The Morgan fingerprint density at radius 3 is 2.52 bits per heavy atom. The number of hydrogen-bond acceptors (Lipinski definition) is 7. The monoisotopic (exact) mass is 467 g/mol. The third-order valence-electron chi connectivity index (χ3n) is 4.07. The zero-order valence-corrected chi connectivity index (χ0v) is 19.1. The third-order valence-corrected chi connectivity index (χ3v) is 6.35. The van der Waals surface area contributed by atoms with Gasteiger partial charge in [0.25, 0.3) is 0 Å². The Morgan fingerprint density at radius 1 is 1.19 bits per heavy atom. The van der Waals surface area contributed by atoms with E-state index in [9.17, 15) is 14.2 Å². The van der Waals surface area contributed by atoms with Crippen molar-refractivity contribution >= 4 is 31.8 Å². The van der Waals surface area contributed by atoms with Gasteiger partial charge in [0, 0.05) is 17.9 Å². The van der Waals surface area contributed by atoms with Crippen LogP contribution in [0.2, 0.25) is 0 Å². The van der Waals surface area contributed by atoms with Gasteiger partial charge in [-0.3, -0.25) is 4.79 Å². The predicted octanol–water partition coefficient (Wildman–Crippen LogP) is 4.19. The molecule has 8 nitrogen and oxygen atoms in total. The number of carbonyl (C=O) groups is 2. The zero-order chi connectivity index (χ0) is 22.7. The SMILES string of the molecule is CCOC[C@@H](C=O)NP(=O)(Oc1ccc(SC)cc1)Oc1ccccc1CCC(=O)O. The zero-order valence-electron chi connectivity index (χ0n) is 17.4. The minimum absolute atomic E-state index is 0.0111. The number of aryl methyl sites for hydroxylation is 1. The number of carboxylic acids is 1. The molecule has 2 rings (SSSR count). The van der Waals surface area contributed by atoms with Crippen LogP contribution in [0.15, 0.2) is 53.4 Å². The van der Waals surface area contributed by atoms with Gasteiger partial charge in [0.05, 0.1) is 12.6 Å². The molecule has 10 heteroatoms. The molecule has 2 N–H and O–H groups in total. The molecule has 0 aliphatic carbocycles. The van der Waals surface area contributed by atoms with Gasteiger partial charge in [-0.2, -0.15) is 5.09 Å². The van der Waals surface area contributed by atoms with E-state index >= 15 is 0 Å². The van der Waals surface area contributed by atoms with E-state index in [1.165, 1.54) is 0 Å². The van der Waals surface area contributed by atoms with Crippen LogP contribution in [0.1, 0.15) is 18.9 Å². The molecule has 0 saturated heterocycles. The highest BCUT2D eigenvalue weighted by Crippen LogP contribution is 2.46. The van der Waals surface area contributed by atoms with E-state index in [2.05, 4.69) is 5.09 Å². The van der Waals surface area contributed by atoms with Crippen LogP contribution in [0.4, 0.5) is 0 Å². The van der Waals surface area contributed by atoms with E-state index in [1.54, 1.807) is 55.1 Å². The Hall–Kier alpha value is -2.32. The van der Waals surface area contributed by atoms with Crippen molar-refractivity contribution in [3.8, 4) is 11.5 Å². The summed E-state index contributed by atoms with van der Waals surface area (Å²) in [6, 6.07) is 12.7. The van der Waals surface area contributed by atoms with Crippen molar-refractivity contribution < 1.29 is 33.0 Å². The first-order valence-electron chi connectivity index (χ1n) is 9.63. The predicted molar refractivity (Wildman–Crippen MR) is 119 cm³/mol. The van der Waals surface area contributed by atoms with Gasteiger partial charge in [-0.15, -0.1) is 11.8 Å². The van der Waals surface area contributed by atoms with Gasteiger partial charge in [0.2, 0.25) is 0 Å². The summed E-state index contributed by atoms with van der Waals surface area (Å²) in [4.78, 5) is 23.4. The second-order valence-corrected chi connectivity index (χ2v) is 8.89. The summed E-state index contributed by atoms with van der Waals surface area (Å²) < 4.78 is 30.3. The molecular weight excluding hydrogens is 441 g/mol. The molecule has 2 aromatic carbocycles. The lowest BCUT2D eigenvalue weighted by Crippen LogP contribution is -2.35. The van der Waals surface area contributed by atoms with E-state index < -0.39 is 19.8 Å². The Balaban J connectivity index is 2.31. The summed E-state index contributed by atoms with van der Waals surface area (Å²) in [6.45, 7) is 2.15. The summed E-state index contributed by atoms with van der Waals surface area (Å²) in [5, 5.41) is 11.6. The van der Waals surface area contributed by atoms with Gasteiger partial charge in [-0.25, -0.2) is 4.57 Å². The first-order chi connectivity index (χ1) is 14.9. The number of para-hydroxylation sites is 1. The van der Waals surface area contributed by atoms with Crippen LogP contribution in [0, 0.1) is 0 Å². The van der Waals surface area contributed by atoms with Crippen LogP contribution in [-0.2, 0) is 25.3 Å². The molecule has 2 aromatic rings. The van der Waals surface area contributed by atoms with Crippen molar-refractivity contribution in [1.82, 2.24) is 5.09 Å². The number of aliphatic carboxylic acids is 1. The lowest BCUT2D eigenvalue weighted by atomic mass is 10.1. The number of thioether (sulfide) groups is 1. The Labute approximate surface area is 185 Å². The molecule has 0 radical (unpaired) electrons. The Bertz CT molecular complexity index is 907. The molecule has 0 aliphatic rings. The fraction of sp³-hybridized carbons (Fsp3) is 0.333. The fourth-order valence-corrected chi connectivity index (χ4v) is 4.50. The van der Waals surface area contributed by atoms with Crippen molar-refractivity contribution in [1.29, 1.82) is 0 Å². The minimum atomic E-state index is -4.09. The molecule has 0 saturated carbocycles. The van der Waals surface area contributed by atoms with Crippen molar-refractivity contribution in [2.24, 2.45) is 0 Å². The maximum absolute atomic E-state index is 13.6. The van der Waals surface area contributed by atoms with Crippen LogP contribution in [0.5, 0.6) is 11.5 Å². The first kappa shape index (κ1) is 24.9. The van der Waals surface area contributed by atoms with E-state index in [0.717, 1.165) is 4.90 Å². The number of hydrogen-bond donors (Lipinski definition) is 2. The first-order valence-corrected chi connectivity index (χ1v) is 12.4. The number of carboxylic acid groups (broad SMARTS) is 1. The van der Waals surface area contributed by atoms with Crippen molar-refractivity contribution in [2.45, 2.75) is 30.7 Å². The number of benzene rings is 2. The normalized spacial score (nSPS) is 13.7. The molecule has 31 heavy (non-hydrogen) atoms. The van der Waals surface area contributed by atoms with E-state index in [-0.39, 0.29) is 30.9 Å². The van der Waals surface area contributed by atoms with Gasteiger partial charge in [0.1, 0.15) is 17.8 Å². The summed E-state index contributed by atoms with van der Waals surface area (Å²) in [7, 11) is -4.09. The topological polar surface area (TPSA) is 111 Å². The smallest absolute Gasteiger partial charge is 0.481 e. The van der Waals surface area contributed by atoms with Crippen LogP contribution >= 0.6 is 19.5 Å². The molecule has 0 aliphatic heterocycles. The quantitative estimate of drug-likeness (QED) is 0.240. The molecule has 0 fully saturated rings. The Kier molecular flexibility index (Phi) is 10.1. The van der Waals surface area contributed by atoms with Crippen molar-refractivity contribution in [2.75, 3.05) is 19.5 Å². The van der Waals surface area contributed by atoms with Crippen LogP contribution in [0.25, 0.3) is 0 Å². The summed E-state index contributed by atoms with van der Waals surface area (Å²) in [5.41, 5.74) is 0.556. The number of carbonyl (C=O) groups excluding carboxylic acids is 1. The average molecular weight is 467 g/mol. The average Bonchev–Trinajstić information content (AvgIpc) is 2.76. The van der Waals surface area contributed by atoms with Gasteiger partial charge in [0.15, 0.2) is 0 Å². The summed E-state index contributed by atoms with van der Waals surface area (Å²) >= 11 is 1.55. The number of rotatable bonds is 14. The van der Waals surface area contributed by atoms with Crippen molar-refractivity contribution in [3.05, 3.63) is 54.1 Å². The molecular formula is C21H26NO7PS. The standard InChI is InChI=1S/C21H26NO7PS/c1-3-27-15-17(14-23)22-30(26,28-18-9-11-19(31-2)12-10-18)29-20-7-5-4-6-16(20)8-13-21(24)25/h4-7,9-12,14,17H,3,8,13,15H2,1-2H3,(H,22,26)(H,24,25)/t17-,30?/m1/s1. The van der Waals surface area contributed by atoms with Crippen LogP contribution in [0.3, 0.4) is 0 Å². The molecule has 0 aromatic heterocycles. The highest BCUT2D eigenvalue weighted by molar-refractivity contribution is 7.98. The van der Waals surface area contributed by atoms with E-state index in [1.807, 2.05) is 18.4 Å². The Morgan fingerprint density at radius 2 is 1.90 bits per heavy atom. The summed E-state index contributed by atoms with van der Waals surface area (Å²) in [6.07, 6.45) is 2.57. The summed E-state index contributed by atoms with van der Waals surface area (Å²) in [5.74, 6) is -0.460. The minimum Gasteiger partial charge on any atom is -0.481 e. The van der Waals surface area contributed by atoms with E-state index in [4.69, 9.17) is 18.9 Å². The molecule has 0 amide bonds. The number of ether oxygens (including phenoxy) is 1. The van der Waals surface area contributed by atoms with E-state index in [0.29, 0.717) is 18.5 Å². The highest BCUT2D eigenvalue weighted by Gasteiger charge is 2.33. The van der Waals surface area contributed by atoms with Gasteiger partial charge in [-0.1, -0.05) is 18.2 Å². The third kappa shape index (κ3) is 8.38. The maximum Gasteiger partial charge on any atom is 0.513 e. The molecule has 1 unspecified atom stereocenters. The van der Waals surface area contributed by atoms with Crippen LogP contribution < -0.4 is 14.1 Å². The number of aldehydes is 1. The van der Waals surface area contributed by atoms with Gasteiger partial charge in [-0.05, 0) is 55.5 Å².